The molecule has 0 bridgehead atoms. The highest BCUT2D eigenvalue weighted by molar-refractivity contribution is 7.89. The van der Waals surface area contributed by atoms with Gasteiger partial charge in [0.2, 0.25) is 21.8 Å². The Balaban J connectivity index is 1.70. The van der Waals surface area contributed by atoms with Crippen molar-refractivity contribution in [3.8, 4) is 5.75 Å². The maximum atomic E-state index is 13.4. The Bertz CT molecular complexity index is 1300. The van der Waals surface area contributed by atoms with E-state index in [1.54, 1.807) is 50.4 Å². The molecule has 0 saturated carbocycles. The lowest BCUT2D eigenvalue weighted by atomic mass is 10.1. The fraction of sp³-hybridized carbons (Fsp3) is 0.321. The molecular weight excluding hydrogens is 504 g/mol. The van der Waals surface area contributed by atoms with Crippen molar-refractivity contribution in [2.75, 3.05) is 13.7 Å². The summed E-state index contributed by atoms with van der Waals surface area (Å²) in [6.07, 6.45) is 3.89. The zero-order chi connectivity index (χ0) is 27.5. The SMILES string of the molecule is CCNS(=O)(=O)c1ccc(CCC(=O)N(Cc2ccc(OC)cc2)[C@@H](C)C(=O)NCc2ccncc2)cc1. The highest BCUT2D eigenvalue weighted by Crippen LogP contribution is 2.17. The average molecular weight is 539 g/mol. The summed E-state index contributed by atoms with van der Waals surface area (Å²) in [4.78, 5) is 32.1. The van der Waals surface area contributed by atoms with Crippen LogP contribution in [-0.2, 0) is 39.1 Å². The number of aryl methyl sites for hydroxylation is 1. The first-order valence-electron chi connectivity index (χ1n) is 12.4. The molecular formula is C28H34N4O5S. The molecule has 10 heteroatoms. The number of methoxy groups -OCH3 is 1. The number of carbonyl (C=O) groups is 2. The molecule has 0 aliphatic rings. The zero-order valence-corrected chi connectivity index (χ0v) is 22.7. The maximum absolute atomic E-state index is 13.4. The number of sulfonamides is 1. The van der Waals surface area contributed by atoms with Gasteiger partial charge in [-0.3, -0.25) is 14.6 Å². The van der Waals surface area contributed by atoms with Gasteiger partial charge in [0.15, 0.2) is 0 Å². The van der Waals surface area contributed by atoms with Crippen LogP contribution in [0.3, 0.4) is 0 Å². The van der Waals surface area contributed by atoms with Gasteiger partial charge in [-0.2, -0.15) is 0 Å². The average Bonchev–Trinajstić information content (AvgIpc) is 2.94. The topological polar surface area (TPSA) is 118 Å². The first-order chi connectivity index (χ1) is 18.2. The van der Waals surface area contributed by atoms with Crippen LogP contribution in [0.2, 0.25) is 0 Å². The number of amides is 2. The summed E-state index contributed by atoms with van der Waals surface area (Å²) >= 11 is 0. The second-order valence-electron chi connectivity index (χ2n) is 8.76. The number of hydrogen-bond donors (Lipinski definition) is 2. The molecule has 0 spiro atoms. The van der Waals surface area contributed by atoms with E-state index in [-0.39, 0.29) is 29.7 Å². The highest BCUT2D eigenvalue weighted by atomic mass is 32.2. The second-order valence-corrected chi connectivity index (χ2v) is 10.5. The van der Waals surface area contributed by atoms with Gasteiger partial charge < -0.3 is 15.0 Å². The molecule has 1 aromatic heterocycles. The van der Waals surface area contributed by atoms with Crippen molar-refractivity contribution >= 4 is 21.8 Å². The largest absolute Gasteiger partial charge is 0.497 e. The van der Waals surface area contributed by atoms with E-state index in [1.165, 1.54) is 12.1 Å². The molecule has 202 valence electrons. The zero-order valence-electron chi connectivity index (χ0n) is 21.9. The molecule has 38 heavy (non-hydrogen) atoms. The van der Waals surface area contributed by atoms with E-state index in [0.29, 0.717) is 25.3 Å². The van der Waals surface area contributed by atoms with E-state index in [0.717, 1.165) is 16.7 Å². The van der Waals surface area contributed by atoms with Gasteiger partial charge in [0.05, 0.1) is 12.0 Å². The van der Waals surface area contributed by atoms with Gasteiger partial charge in [-0.1, -0.05) is 31.2 Å². The van der Waals surface area contributed by atoms with Crippen molar-refractivity contribution in [2.24, 2.45) is 0 Å². The Labute approximate surface area is 224 Å². The highest BCUT2D eigenvalue weighted by Gasteiger charge is 2.26. The van der Waals surface area contributed by atoms with Crippen LogP contribution in [0.5, 0.6) is 5.75 Å². The van der Waals surface area contributed by atoms with Gasteiger partial charge in [0.1, 0.15) is 11.8 Å². The van der Waals surface area contributed by atoms with Crippen molar-refractivity contribution in [1.82, 2.24) is 19.9 Å². The summed E-state index contributed by atoms with van der Waals surface area (Å²) in [5.74, 6) is 0.257. The normalized spacial score (nSPS) is 12.0. The molecule has 9 nitrogen and oxygen atoms in total. The summed E-state index contributed by atoms with van der Waals surface area (Å²) in [5.41, 5.74) is 2.60. The van der Waals surface area contributed by atoms with Gasteiger partial charge in [0, 0.05) is 38.4 Å². The molecule has 1 heterocycles. The lowest BCUT2D eigenvalue weighted by Crippen LogP contribution is -2.47. The van der Waals surface area contributed by atoms with Crippen molar-refractivity contribution in [3.63, 3.8) is 0 Å². The summed E-state index contributed by atoms with van der Waals surface area (Å²) in [6.45, 7) is 4.32. The monoisotopic (exact) mass is 538 g/mol. The van der Waals surface area contributed by atoms with Crippen molar-refractivity contribution in [1.29, 1.82) is 0 Å². The summed E-state index contributed by atoms with van der Waals surface area (Å²) in [6, 6.07) is 16.8. The lowest BCUT2D eigenvalue weighted by Gasteiger charge is -2.29. The van der Waals surface area contributed by atoms with Crippen molar-refractivity contribution in [2.45, 2.75) is 50.7 Å². The van der Waals surface area contributed by atoms with E-state index < -0.39 is 16.1 Å². The van der Waals surface area contributed by atoms with E-state index in [1.807, 2.05) is 36.4 Å². The number of rotatable bonds is 13. The quantitative estimate of drug-likeness (QED) is 0.345. The third-order valence-corrected chi connectivity index (χ3v) is 7.65. The van der Waals surface area contributed by atoms with Gasteiger partial charge in [0.25, 0.3) is 0 Å². The van der Waals surface area contributed by atoms with E-state index in [2.05, 4.69) is 15.0 Å². The van der Waals surface area contributed by atoms with Gasteiger partial charge in [-0.25, -0.2) is 13.1 Å². The lowest BCUT2D eigenvalue weighted by molar-refractivity contribution is -0.140. The van der Waals surface area contributed by atoms with E-state index >= 15 is 0 Å². The van der Waals surface area contributed by atoms with Crippen molar-refractivity contribution < 1.29 is 22.7 Å². The van der Waals surface area contributed by atoms with E-state index in [4.69, 9.17) is 4.74 Å². The van der Waals surface area contributed by atoms with E-state index in [9.17, 15) is 18.0 Å². The molecule has 3 aromatic rings. The molecule has 3 rings (SSSR count). The van der Waals surface area contributed by atoms with Crippen LogP contribution < -0.4 is 14.8 Å². The maximum Gasteiger partial charge on any atom is 0.242 e. The van der Waals surface area contributed by atoms with Crippen LogP contribution in [0, 0.1) is 0 Å². The fourth-order valence-corrected chi connectivity index (χ4v) is 4.89. The van der Waals surface area contributed by atoms with Crippen LogP contribution in [0.1, 0.15) is 37.0 Å². The molecule has 2 amide bonds. The molecule has 1 atom stereocenters. The van der Waals surface area contributed by atoms with Crippen molar-refractivity contribution in [3.05, 3.63) is 89.7 Å². The summed E-state index contributed by atoms with van der Waals surface area (Å²) in [7, 11) is -1.95. The minimum atomic E-state index is -3.54. The first-order valence-corrected chi connectivity index (χ1v) is 13.9. The van der Waals surface area contributed by atoms with Gasteiger partial charge >= 0.3 is 0 Å². The Hall–Kier alpha value is -3.76. The predicted molar refractivity (Wildman–Crippen MR) is 145 cm³/mol. The molecule has 0 radical (unpaired) electrons. The molecule has 0 fully saturated rings. The molecule has 2 aromatic carbocycles. The minimum absolute atomic E-state index is 0.164. The number of hydrogen-bond acceptors (Lipinski definition) is 6. The number of nitrogens with one attached hydrogen (secondary N) is 2. The van der Waals surface area contributed by atoms with Gasteiger partial charge in [-0.05, 0) is 66.4 Å². The van der Waals surface area contributed by atoms with Crippen LogP contribution in [0.15, 0.2) is 78.0 Å². The third kappa shape index (κ3) is 8.12. The first kappa shape index (κ1) is 28.8. The number of aromatic nitrogens is 1. The summed E-state index contributed by atoms with van der Waals surface area (Å²) < 4.78 is 32.0. The fourth-order valence-electron chi connectivity index (χ4n) is 3.85. The van der Waals surface area contributed by atoms with Crippen LogP contribution in [0.4, 0.5) is 0 Å². The van der Waals surface area contributed by atoms with Crippen LogP contribution >= 0.6 is 0 Å². The Kier molecular flexibility index (Phi) is 10.4. The van der Waals surface area contributed by atoms with Crippen LogP contribution in [0.25, 0.3) is 0 Å². The number of ether oxygens (including phenoxy) is 1. The minimum Gasteiger partial charge on any atom is -0.497 e. The molecule has 0 aliphatic carbocycles. The summed E-state index contributed by atoms with van der Waals surface area (Å²) in [5, 5.41) is 2.90. The standard InChI is InChI=1S/C28H34N4O5S/c1-4-31-38(35,36)26-12-7-22(8-13-26)9-14-27(33)32(20-24-5-10-25(37-3)11-6-24)21(2)28(34)30-19-23-15-17-29-18-16-23/h5-8,10-13,15-18,21,31H,4,9,14,19-20H2,1-3H3,(H,30,34)/t21-/m0/s1. The Morgan fingerprint density at radius 2 is 1.58 bits per heavy atom. The Morgan fingerprint density at radius 3 is 2.18 bits per heavy atom. The molecule has 2 N–H and O–H groups in total. The molecule has 0 unspecified atom stereocenters. The number of carbonyl (C=O) groups excluding carboxylic acids is 2. The number of nitrogens with zero attached hydrogens (tertiary/aromatic N) is 2. The Morgan fingerprint density at radius 1 is 0.947 bits per heavy atom. The second kappa shape index (κ2) is 13.7. The number of benzene rings is 2. The molecule has 0 saturated heterocycles. The third-order valence-electron chi connectivity index (χ3n) is 6.09. The van der Waals surface area contributed by atoms with Gasteiger partial charge in [-0.15, -0.1) is 0 Å². The van der Waals surface area contributed by atoms with Crippen LogP contribution in [-0.4, -0.2) is 49.8 Å². The number of pyridine rings is 1. The molecule has 0 aliphatic heterocycles. The smallest absolute Gasteiger partial charge is 0.242 e. The predicted octanol–water partition coefficient (Wildman–Crippen LogP) is 3.05.